The van der Waals surface area contributed by atoms with Crippen LogP contribution < -0.4 is 10.1 Å². The first-order valence-electron chi connectivity index (χ1n) is 8.38. The van der Waals surface area contributed by atoms with Crippen LogP contribution in [0, 0.1) is 10.1 Å². The molecule has 1 aliphatic heterocycles. The Hall–Kier alpha value is -3.19. The average Bonchev–Trinajstić information content (AvgIpc) is 2.65. The second-order valence-corrected chi connectivity index (χ2v) is 6.93. The summed E-state index contributed by atoms with van der Waals surface area (Å²) in [5, 5.41) is 24.6. The average molecular weight is 368 g/mol. The van der Waals surface area contributed by atoms with Gasteiger partial charge in [0.2, 0.25) is 0 Å². The maximum absolute atomic E-state index is 12.7. The molecule has 1 atom stereocenters. The van der Waals surface area contributed by atoms with Crippen molar-refractivity contribution >= 4 is 17.2 Å². The number of carbonyl (C=O) groups excluding carboxylic acids is 1. The van der Waals surface area contributed by atoms with Gasteiger partial charge in [0.05, 0.1) is 17.6 Å². The minimum Gasteiger partial charge on any atom is -0.497 e. The molecule has 0 saturated carbocycles. The minimum absolute atomic E-state index is 0.0747. The molecule has 1 aliphatic rings. The van der Waals surface area contributed by atoms with Crippen LogP contribution in [0.15, 0.2) is 48.5 Å². The van der Waals surface area contributed by atoms with Gasteiger partial charge >= 0.3 is 0 Å². The summed E-state index contributed by atoms with van der Waals surface area (Å²) in [6.45, 7) is 3.68. The van der Waals surface area contributed by atoms with E-state index >= 15 is 0 Å². The fourth-order valence-corrected chi connectivity index (χ4v) is 3.08. The van der Waals surface area contributed by atoms with Crippen LogP contribution in [0.4, 0.5) is 5.69 Å². The van der Waals surface area contributed by atoms with Crippen molar-refractivity contribution in [1.82, 2.24) is 5.32 Å². The number of benzene rings is 2. The van der Waals surface area contributed by atoms with Gasteiger partial charge in [0, 0.05) is 35.0 Å². The zero-order chi connectivity index (χ0) is 19.8. The number of nitrogens with zero attached hydrogens (tertiary/aromatic N) is 1. The Morgan fingerprint density at radius 1 is 1.26 bits per heavy atom. The first-order chi connectivity index (χ1) is 12.7. The number of aliphatic hydroxyl groups excluding tert-OH is 1. The van der Waals surface area contributed by atoms with Crippen molar-refractivity contribution in [1.29, 1.82) is 0 Å². The summed E-state index contributed by atoms with van der Waals surface area (Å²) in [6.07, 6.45) is 0.678. The highest BCUT2D eigenvalue weighted by Crippen LogP contribution is 2.39. The van der Waals surface area contributed by atoms with Gasteiger partial charge in [-0.2, -0.15) is 0 Å². The summed E-state index contributed by atoms with van der Waals surface area (Å²) in [6, 6.07) is 10.7. The van der Waals surface area contributed by atoms with Crippen molar-refractivity contribution in [3.63, 3.8) is 0 Å². The number of rotatable bonds is 4. The van der Waals surface area contributed by atoms with Gasteiger partial charge in [-0.15, -0.1) is 0 Å². The van der Waals surface area contributed by atoms with Crippen LogP contribution in [0.2, 0.25) is 0 Å². The van der Waals surface area contributed by atoms with E-state index in [1.54, 1.807) is 25.3 Å². The number of fused-ring (bicyclic) bond motifs is 1. The fraction of sp³-hybridized carbons (Fsp3) is 0.250. The Kier molecular flexibility index (Phi) is 4.72. The molecule has 0 bridgehead atoms. The Bertz CT molecular complexity index is 932. The number of ether oxygens (including phenoxy) is 1. The molecular weight excluding hydrogens is 348 g/mol. The van der Waals surface area contributed by atoms with E-state index in [1.807, 2.05) is 13.8 Å². The summed E-state index contributed by atoms with van der Waals surface area (Å²) in [4.78, 5) is 22.9. The number of nitro groups is 1. The molecule has 2 N–H and O–H groups in total. The molecule has 0 spiro atoms. The molecule has 0 fully saturated rings. The molecule has 3 rings (SSSR count). The second kappa shape index (κ2) is 6.85. The van der Waals surface area contributed by atoms with Crippen molar-refractivity contribution < 1.29 is 19.6 Å². The second-order valence-electron chi connectivity index (χ2n) is 6.93. The van der Waals surface area contributed by atoms with Crippen molar-refractivity contribution in [2.24, 2.45) is 0 Å². The van der Waals surface area contributed by atoms with Crippen molar-refractivity contribution in [2.75, 3.05) is 7.11 Å². The molecule has 1 heterocycles. The number of nitro benzene ring substituents is 1. The van der Waals surface area contributed by atoms with E-state index in [9.17, 15) is 20.0 Å². The third kappa shape index (κ3) is 3.54. The van der Waals surface area contributed by atoms with Gasteiger partial charge < -0.3 is 15.2 Å². The summed E-state index contributed by atoms with van der Waals surface area (Å²) >= 11 is 0. The van der Waals surface area contributed by atoms with Gasteiger partial charge in [-0.1, -0.05) is 6.07 Å². The number of allylic oxidation sites excluding steroid dienone is 1. The molecule has 0 radical (unpaired) electrons. The van der Waals surface area contributed by atoms with Gasteiger partial charge in [-0.05, 0) is 43.7 Å². The number of carbonyl (C=O) groups is 1. The van der Waals surface area contributed by atoms with E-state index in [4.69, 9.17) is 4.74 Å². The Labute approximate surface area is 156 Å². The van der Waals surface area contributed by atoms with E-state index in [1.165, 1.54) is 30.3 Å². The molecule has 0 aromatic heterocycles. The smallest absolute Gasteiger partial charge is 0.269 e. The summed E-state index contributed by atoms with van der Waals surface area (Å²) in [5.74, 6) is 0.310. The first kappa shape index (κ1) is 18.6. The Balaban J connectivity index is 2.03. The molecule has 27 heavy (non-hydrogen) atoms. The molecule has 0 saturated heterocycles. The lowest BCUT2D eigenvalue weighted by Crippen LogP contribution is -2.47. The van der Waals surface area contributed by atoms with Crippen LogP contribution in [0.3, 0.4) is 0 Å². The zero-order valence-corrected chi connectivity index (χ0v) is 15.2. The maximum atomic E-state index is 12.7. The molecule has 7 heteroatoms. The molecule has 0 amide bonds. The normalized spacial score (nSPS) is 19.1. The zero-order valence-electron chi connectivity index (χ0n) is 15.2. The fourth-order valence-electron chi connectivity index (χ4n) is 3.08. The number of hydrogen-bond acceptors (Lipinski definition) is 6. The molecular formula is C20H20N2O5. The lowest BCUT2D eigenvalue weighted by Gasteiger charge is -2.40. The quantitative estimate of drug-likeness (QED) is 0.372. The van der Waals surface area contributed by atoms with Gasteiger partial charge in [0.25, 0.3) is 5.69 Å². The van der Waals surface area contributed by atoms with Crippen molar-refractivity contribution in [3.8, 4) is 5.75 Å². The highest BCUT2D eigenvalue weighted by molar-refractivity contribution is 6.08. The Morgan fingerprint density at radius 3 is 2.52 bits per heavy atom. The third-order valence-corrected chi connectivity index (χ3v) is 4.62. The van der Waals surface area contributed by atoms with Gasteiger partial charge in [-0.3, -0.25) is 14.9 Å². The van der Waals surface area contributed by atoms with Crippen LogP contribution in [0.5, 0.6) is 5.75 Å². The van der Waals surface area contributed by atoms with Gasteiger partial charge in [0.15, 0.2) is 5.78 Å². The standard InChI is InChI=1S/C20H20N2O5/c1-20(2)19(24)15-9-8-14(27-3)10-16(15)17(21-20)11-18(23)12-4-6-13(7-5-12)22(25)26/h4-11,19,21,24H,1-3H3. The molecule has 2 aromatic rings. The maximum Gasteiger partial charge on any atom is 0.269 e. The van der Waals surface area contributed by atoms with E-state index < -0.39 is 16.6 Å². The molecule has 140 valence electrons. The first-order valence-corrected chi connectivity index (χ1v) is 8.38. The number of non-ortho nitro benzene ring substituents is 1. The van der Waals surface area contributed by atoms with Crippen molar-refractivity contribution in [2.45, 2.75) is 25.5 Å². The van der Waals surface area contributed by atoms with Crippen LogP contribution >= 0.6 is 0 Å². The minimum atomic E-state index is -0.759. The van der Waals surface area contributed by atoms with Crippen molar-refractivity contribution in [3.05, 3.63) is 75.3 Å². The lowest BCUT2D eigenvalue weighted by molar-refractivity contribution is -0.384. The summed E-state index contributed by atoms with van der Waals surface area (Å²) in [7, 11) is 1.55. The SMILES string of the molecule is COc1ccc2c(c1)C(=CC(=O)c1ccc([N+](=O)[O-])cc1)NC(C)(C)C2O. The largest absolute Gasteiger partial charge is 0.497 e. The highest BCUT2D eigenvalue weighted by atomic mass is 16.6. The highest BCUT2D eigenvalue weighted by Gasteiger charge is 2.36. The predicted octanol–water partition coefficient (Wildman–Crippen LogP) is 3.24. The molecule has 0 aliphatic carbocycles. The van der Waals surface area contributed by atoms with Gasteiger partial charge in [0.1, 0.15) is 11.9 Å². The van der Waals surface area contributed by atoms with E-state index in [2.05, 4.69) is 5.32 Å². The molecule has 2 aromatic carbocycles. The molecule has 7 nitrogen and oxygen atoms in total. The van der Waals surface area contributed by atoms with Gasteiger partial charge in [-0.25, -0.2) is 0 Å². The predicted molar refractivity (Wildman–Crippen MR) is 101 cm³/mol. The number of nitrogens with one attached hydrogen (secondary N) is 1. The van der Waals surface area contributed by atoms with Crippen LogP contribution in [-0.4, -0.2) is 28.5 Å². The van der Waals surface area contributed by atoms with E-state index in [0.717, 1.165) is 0 Å². The lowest BCUT2D eigenvalue weighted by atomic mass is 9.82. The van der Waals surface area contributed by atoms with E-state index in [0.29, 0.717) is 28.1 Å². The molecule has 1 unspecified atom stereocenters. The monoisotopic (exact) mass is 368 g/mol. The third-order valence-electron chi connectivity index (χ3n) is 4.62. The summed E-state index contributed by atoms with van der Waals surface area (Å²) < 4.78 is 5.26. The topological polar surface area (TPSA) is 102 Å². The van der Waals surface area contributed by atoms with Crippen LogP contribution in [-0.2, 0) is 0 Å². The van der Waals surface area contributed by atoms with E-state index in [-0.39, 0.29) is 11.5 Å². The Morgan fingerprint density at radius 2 is 1.93 bits per heavy atom. The van der Waals surface area contributed by atoms with Crippen LogP contribution in [0.25, 0.3) is 5.70 Å². The number of ketones is 1. The van der Waals surface area contributed by atoms with Crippen LogP contribution in [0.1, 0.15) is 41.4 Å². The number of aliphatic hydroxyl groups is 1. The number of hydrogen-bond donors (Lipinski definition) is 2. The summed E-state index contributed by atoms with van der Waals surface area (Å²) in [5.41, 5.74) is 1.52. The number of methoxy groups -OCH3 is 1.